The SMILES string of the molecule is Cc1ccc(S(=O)(=O)O)cc1.[N-]=[N+]=NC(O)COCCOCCO. The predicted octanol–water partition coefficient (Wildman–Crippen LogP) is 0.882. The van der Waals surface area contributed by atoms with Gasteiger partial charge in [-0.25, -0.2) is 0 Å². The maximum atomic E-state index is 10.5. The van der Waals surface area contributed by atoms with Crippen molar-refractivity contribution >= 4 is 10.1 Å². The molecule has 0 aliphatic heterocycles. The van der Waals surface area contributed by atoms with Crippen molar-refractivity contribution in [1.82, 2.24) is 0 Å². The van der Waals surface area contributed by atoms with Crippen LogP contribution >= 0.6 is 0 Å². The summed E-state index contributed by atoms with van der Waals surface area (Å²) >= 11 is 0. The summed E-state index contributed by atoms with van der Waals surface area (Å²) in [6, 6.07) is 5.99. The van der Waals surface area contributed by atoms with Gasteiger partial charge in [0.05, 0.1) is 37.9 Å². The maximum Gasteiger partial charge on any atom is 0.294 e. The average Bonchev–Trinajstić information content (AvgIpc) is 2.51. The molecule has 3 N–H and O–H groups in total. The van der Waals surface area contributed by atoms with Crippen LogP contribution in [0.1, 0.15) is 5.56 Å². The molecule has 0 saturated heterocycles. The summed E-state index contributed by atoms with van der Waals surface area (Å²) in [7, 11) is -4.02. The second-order valence-corrected chi connectivity index (χ2v) is 5.81. The Morgan fingerprint density at radius 1 is 1.21 bits per heavy atom. The smallest absolute Gasteiger partial charge is 0.294 e. The van der Waals surface area contributed by atoms with Gasteiger partial charge < -0.3 is 19.7 Å². The molecule has 0 aromatic heterocycles. The summed E-state index contributed by atoms with van der Waals surface area (Å²) in [4.78, 5) is 2.33. The molecule has 0 heterocycles. The Bertz CT molecular complexity index is 600. The highest BCUT2D eigenvalue weighted by molar-refractivity contribution is 7.85. The Morgan fingerprint density at radius 3 is 2.29 bits per heavy atom. The first kappa shape index (κ1) is 22.3. The lowest BCUT2D eigenvalue weighted by Gasteiger charge is -2.05. The zero-order valence-electron chi connectivity index (χ0n) is 13.1. The zero-order valence-corrected chi connectivity index (χ0v) is 14.0. The molecule has 0 saturated carbocycles. The summed E-state index contributed by atoms with van der Waals surface area (Å²) in [5, 5.41) is 20.1. The van der Waals surface area contributed by atoms with Crippen LogP contribution < -0.4 is 0 Å². The van der Waals surface area contributed by atoms with Crippen molar-refractivity contribution in [2.24, 2.45) is 5.11 Å². The Hall–Kier alpha value is -1.72. The first-order valence-electron chi connectivity index (χ1n) is 6.84. The number of aryl methyl sites for hydroxylation is 1. The molecule has 24 heavy (non-hydrogen) atoms. The lowest BCUT2D eigenvalue weighted by molar-refractivity contribution is 0.00000310. The van der Waals surface area contributed by atoms with Crippen LogP contribution in [-0.4, -0.2) is 62.4 Å². The highest BCUT2D eigenvalue weighted by Crippen LogP contribution is 2.08. The Morgan fingerprint density at radius 2 is 1.79 bits per heavy atom. The highest BCUT2D eigenvalue weighted by Gasteiger charge is 2.06. The van der Waals surface area contributed by atoms with Gasteiger partial charge in [0, 0.05) is 4.91 Å². The Balaban J connectivity index is 0.000000446. The molecule has 0 aliphatic carbocycles. The quantitative estimate of drug-likeness (QED) is 0.193. The van der Waals surface area contributed by atoms with Crippen molar-refractivity contribution < 1.29 is 32.7 Å². The van der Waals surface area contributed by atoms with E-state index in [0.29, 0.717) is 6.61 Å². The van der Waals surface area contributed by atoms with Crippen LogP contribution in [0.4, 0.5) is 0 Å². The number of azide groups is 1. The molecule has 10 nitrogen and oxygen atoms in total. The number of rotatable bonds is 9. The average molecular weight is 363 g/mol. The van der Waals surface area contributed by atoms with Gasteiger partial charge >= 0.3 is 0 Å². The van der Waals surface area contributed by atoms with Gasteiger partial charge in [-0.3, -0.25) is 4.55 Å². The lowest BCUT2D eigenvalue weighted by atomic mass is 10.2. The van der Waals surface area contributed by atoms with Crippen LogP contribution in [0.5, 0.6) is 0 Å². The Labute approximate surface area is 140 Å². The number of nitrogens with zero attached hydrogens (tertiary/aromatic N) is 3. The molecular formula is C13H21N3O7S. The lowest BCUT2D eigenvalue weighted by Crippen LogP contribution is -2.15. The molecule has 1 atom stereocenters. The molecule has 1 rings (SSSR count). The topological polar surface area (TPSA) is 162 Å². The summed E-state index contributed by atoms with van der Waals surface area (Å²) in [5.74, 6) is 0. The summed E-state index contributed by atoms with van der Waals surface area (Å²) in [6.07, 6.45) is -1.15. The van der Waals surface area contributed by atoms with Gasteiger partial charge in [-0.05, 0) is 24.6 Å². The van der Waals surface area contributed by atoms with Crippen molar-refractivity contribution in [3.63, 3.8) is 0 Å². The molecule has 0 bridgehead atoms. The third kappa shape index (κ3) is 11.8. The molecule has 0 aliphatic rings. The normalized spacial score (nSPS) is 11.8. The number of hydrogen-bond acceptors (Lipinski definition) is 7. The fourth-order valence-electron chi connectivity index (χ4n) is 1.28. The van der Waals surface area contributed by atoms with Crippen molar-refractivity contribution in [3.8, 4) is 0 Å². The van der Waals surface area contributed by atoms with Gasteiger partial charge in [-0.2, -0.15) is 8.42 Å². The minimum absolute atomic E-state index is 0.0264. The standard InChI is InChI=1S/C7H8O3S.C6H13N3O4/c1-6-2-4-7(5-3-6)11(8,9)10;7-9-8-6(11)5-13-4-3-12-2-1-10/h2-5H,1H3,(H,8,9,10);6,10-11H,1-5H2. The van der Waals surface area contributed by atoms with Crippen LogP contribution in [0.2, 0.25) is 0 Å². The second-order valence-electron chi connectivity index (χ2n) is 4.38. The van der Waals surface area contributed by atoms with E-state index < -0.39 is 16.3 Å². The minimum Gasteiger partial charge on any atom is -0.394 e. The number of benzene rings is 1. The van der Waals surface area contributed by atoms with Gasteiger partial charge in [0.15, 0.2) is 6.23 Å². The van der Waals surface area contributed by atoms with Crippen LogP contribution in [0, 0.1) is 6.92 Å². The first-order valence-corrected chi connectivity index (χ1v) is 8.28. The van der Waals surface area contributed by atoms with Crippen molar-refractivity contribution in [1.29, 1.82) is 0 Å². The van der Waals surface area contributed by atoms with E-state index in [0.717, 1.165) is 5.56 Å². The monoisotopic (exact) mass is 363 g/mol. The molecule has 1 aromatic carbocycles. The van der Waals surface area contributed by atoms with Crippen molar-refractivity contribution in [3.05, 3.63) is 40.3 Å². The van der Waals surface area contributed by atoms with Gasteiger partial charge in [0.1, 0.15) is 0 Å². The summed E-state index contributed by atoms with van der Waals surface area (Å²) in [6.45, 7) is 2.66. The van der Waals surface area contributed by atoms with Crippen LogP contribution in [0.15, 0.2) is 34.3 Å². The van der Waals surface area contributed by atoms with E-state index in [4.69, 9.17) is 29.8 Å². The fourth-order valence-corrected chi connectivity index (χ4v) is 1.76. The van der Waals surface area contributed by atoms with E-state index >= 15 is 0 Å². The second kappa shape index (κ2) is 12.7. The Kier molecular flexibility index (Phi) is 11.8. The highest BCUT2D eigenvalue weighted by atomic mass is 32.2. The molecule has 0 amide bonds. The van der Waals surface area contributed by atoms with E-state index in [1.54, 1.807) is 12.1 Å². The number of aliphatic hydroxyl groups is 2. The zero-order chi connectivity index (χ0) is 18.4. The minimum atomic E-state index is -4.02. The molecule has 136 valence electrons. The van der Waals surface area contributed by atoms with Crippen LogP contribution in [0.3, 0.4) is 0 Å². The third-order valence-corrected chi connectivity index (χ3v) is 3.25. The third-order valence-electron chi connectivity index (χ3n) is 2.38. The molecule has 1 unspecified atom stereocenters. The first-order chi connectivity index (χ1) is 11.3. The van der Waals surface area contributed by atoms with Crippen LogP contribution in [0.25, 0.3) is 10.4 Å². The van der Waals surface area contributed by atoms with Crippen LogP contribution in [-0.2, 0) is 19.6 Å². The fraction of sp³-hybridized carbons (Fsp3) is 0.538. The molecule has 0 radical (unpaired) electrons. The van der Waals surface area contributed by atoms with Gasteiger partial charge in [-0.1, -0.05) is 22.8 Å². The summed E-state index contributed by atoms with van der Waals surface area (Å²) in [5.41, 5.74) is 8.86. The van der Waals surface area contributed by atoms with E-state index in [1.165, 1.54) is 12.1 Å². The molecule has 0 fully saturated rings. The van der Waals surface area contributed by atoms with Crippen molar-refractivity contribution in [2.45, 2.75) is 18.0 Å². The molecule has 1 aromatic rings. The largest absolute Gasteiger partial charge is 0.394 e. The van der Waals surface area contributed by atoms with E-state index in [9.17, 15) is 8.42 Å². The van der Waals surface area contributed by atoms with Gasteiger partial charge in [0.25, 0.3) is 10.1 Å². The number of ether oxygens (including phenoxy) is 2. The van der Waals surface area contributed by atoms with Crippen molar-refractivity contribution in [2.75, 3.05) is 33.0 Å². The molecule has 0 spiro atoms. The summed E-state index contributed by atoms with van der Waals surface area (Å²) < 4.78 is 39.3. The predicted molar refractivity (Wildman–Crippen MR) is 84.9 cm³/mol. The van der Waals surface area contributed by atoms with E-state index in [2.05, 4.69) is 10.0 Å². The number of aliphatic hydroxyl groups excluding tert-OH is 2. The maximum absolute atomic E-state index is 10.5. The van der Waals surface area contributed by atoms with Gasteiger partial charge in [-0.15, -0.1) is 0 Å². The molecule has 11 heteroatoms. The number of hydrogen-bond donors (Lipinski definition) is 3. The van der Waals surface area contributed by atoms with E-state index in [-0.39, 0.29) is 31.3 Å². The van der Waals surface area contributed by atoms with Gasteiger partial charge in [0.2, 0.25) is 0 Å². The molecular weight excluding hydrogens is 342 g/mol. The van der Waals surface area contributed by atoms with E-state index in [1.807, 2.05) is 6.92 Å².